The van der Waals surface area contributed by atoms with E-state index in [1.165, 1.54) is 29.0 Å². The number of benzene rings is 1. The molecule has 0 bridgehead atoms. The number of para-hydroxylation sites is 1. The number of fused-ring (bicyclic) bond motifs is 1. The fourth-order valence-corrected chi connectivity index (χ4v) is 3.29. The summed E-state index contributed by atoms with van der Waals surface area (Å²) in [7, 11) is 0. The van der Waals surface area contributed by atoms with Crippen molar-refractivity contribution in [2.24, 2.45) is 10.7 Å². The number of unbranched alkanes of at least 4 members (excludes halogenated alkanes) is 3. The highest BCUT2D eigenvalue weighted by Crippen LogP contribution is 2.22. The van der Waals surface area contributed by atoms with Crippen LogP contribution in [0.15, 0.2) is 29.3 Å². The number of guanidine groups is 1. The molecule has 1 aromatic heterocycles. The SMILES string of the molecule is CCCCCCNC(N)=NCCCc1nc2ccccc2s1. The van der Waals surface area contributed by atoms with Crippen LogP contribution in [0.4, 0.5) is 0 Å². The molecule has 5 heteroatoms. The topological polar surface area (TPSA) is 63.3 Å². The molecule has 0 aliphatic rings. The summed E-state index contributed by atoms with van der Waals surface area (Å²) < 4.78 is 1.26. The van der Waals surface area contributed by atoms with Gasteiger partial charge in [-0.3, -0.25) is 4.99 Å². The first-order valence-corrected chi connectivity index (χ1v) is 8.99. The lowest BCUT2D eigenvalue weighted by atomic mass is 10.2. The van der Waals surface area contributed by atoms with E-state index in [9.17, 15) is 0 Å². The molecule has 0 radical (unpaired) electrons. The van der Waals surface area contributed by atoms with Gasteiger partial charge >= 0.3 is 0 Å². The molecule has 0 saturated heterocycles. The van der Waals surface area contributed by atoms with Crippen molar-refractivity contribution in [3.05, 3.63) is 29.3 Å². The van der Waals surface area contributed by atoms with Crippen molar-refractivity contribution in [2.75, 3.05) is 13.1 Å². The average molecular weight is 318 g/mol. The minimum atomic E-state index is 0.570. The van der Waals surface area contributed by atoms with Crippen LogP contribution in [0.25, 0.3) is 10.2 Å². The monoisotopic (exact) mass is 318 g/mol. The Hall–Kier alpha value is -1.62. The molecule has 3 N–H and O–H groups in total. The van der Waals surface area contributed by atoms with Crippen molar-refractivity contribution in [1.29, 1.82) is 0 Å². The van der Waals surface area contributed by atoms with Crippen LogP contribution in [0, 0.1) is 0 Å². The van der Waals surface area contributed by atoms with Crippen LogP contribution in [0.1, 0.15) is 44.0 Å². The number of aromatic nitrogens is 1. The van der Waals surface area contributed by atoms with Crippen molar-refractivity contribution in [3.8, 4) is 0 Å². The smallest absolute Gasteiger partial charge is 0.188 e. The first-order valence-electron chi connectivity index (χ1n) is 8.18. The predicted molar refractivity (Wildman–Crippen MR) is 96.6 cm³/mol. The quantitative estimate of drug-likeness (QED) is 0.421. The number of nitrogens with two attached hydrogens (primary N) is 1. The van der Waals surface area contributed by atoms with Crippen LogP contribution in [0.2, 0.25) is 0 Å². The Balaban J connectivity index is 1.64. The van der Waals surface area contributed by atoms with Gasteiger partial charge in [0.05, 0.1) is 15.2 Å². The Labute approximate surface area is 136 Å². The zero-order chi connectivity index (χ0) is 15.6. The number of hydrogen-bond acceptors (Lipinski definition) is 3. The molecule has 0 saturated carbocycles. The van der Waals surface area contributed by atoms with Gasteiger partial charge in [0, 0.05) is 19.5 Å². The Morgan fingerprint density at radius 2 is 2.09 bits per heavy atom. The standard InChI is InChI=1S/C17H26N4S/c1-2-3-4-7-12-19-17(18)20-13-8-11-16-21-14-9-5-6-10-15(14)22-16/h5-6,9-10H,2-4,7-8,11-13H2,1H3,(H3,18,19,20). The third-order valence-corrected chi connectivity index (χ3v) is 4.60. The van der Waals surface area contributed by atoms with E-state index < -0.39 is 0 Å². The maximum atomic E-state index is 5.86. The van der Waals surface area contributed by atoms with Gasteiger partial charge in [-0.2, -0.15) is 0 Å². The second kappa shape index (κ2) is 9.41. The summed E-state index contributed by atoms with van der Waals surface area (Å²) in [6.07, 6.45) is 6.92. The molecule has 22 heavy (non-hydrogen) atoms. The normalized spacial score (nSPS) is 12.0. The molecule has 1 heterocycles. The van der Waals surface area contributed by atoms with Crippen LogP contribution < -0.4 is 11.1 Å². The average Bonchev–Trinajstić information content (AvgIpc) is 2.94. The van der Waals surface area contributed by atoms with Gasteiger partial charge in [0.15, 0.2) is 5.96 Å². The molecule has 0 amide bonds. The maximum absolute atomic E-state index is 5.86. The summed E-state index contributed by atoms with van der Waals surface area (Å²) in [5.41, 5.74) is 6.95. The lowest BCUT2D eigenvalue weighted by Gasteiger charge is -2.04. The number of thiazole rings is 1. The summed E-state index contributed by atoms with van der Waals surface area (Å²) in [5, 5.41) is 4.36. The maximum Gasteiger partial charge on any atom is 0.188 e. The number of nitrogens with zero attached hydrogens (tertiary/aromatic N) is 2. The van der Waals surface area contributed by atoms with E-state index in [2.05, 4.69) is 40.4 Å². The molecular formula is C17H26N4S. The zero-order valence-electron chi connectivity index (χ0n) is 13.3. The highest BCUT2D eigenvalue weighted by Gasteiger charge is 2.02. The summed E-state index contributed by atoms with van der Waals surface area (Å²) >= 11 is 1.77. The van der Waals surface area contributed by atoms with E-state index >= 15 is 0 Å². The van der Waals surface area contributed by atoms with Gasteiger partial charge in [-0.15, -0.1) is 11.3 Å². The Morgan fingerprint density at radius 3 is 2.91 bits per heavy atom. The molecule has 2 aromatic rings. The third-order valence-electron chi connectivity index (χ3n) is 3.51. The summed E-state index contributed by atoms with van der Waals surface area (Å²) in [4.78, 5) is 9.00. The van der Waals surface area contributed by atoms with Crippen LogP contribution in [-0.4, -0.2) is 24.0 Å². The van der Waals surface area contributed by atoms with Crippen LogP contribution in [0.5, 0.6) is 0 Å². The van der Waals surface area contributed by atoms with Crippen LogP contribution in [-0.2, 0) is 6.42 Å². The molecule has 0 unspecified atom stereocenters. The largest absolute Gasteiger partial charge is 0.370 e. The number of aliphatic imine (C=N–C) groups is 1. The highest BCUT2D eigenvalue weighted by atomic mass is 32.1. The van der Waals surface area contributed by atoms with E-state index in [4.69, 9.17) is 5.73 Å². The molecule has 0 aliphatic heterocycles. The second-order valence-corrected chi connectivity index (χ2v) is 6.55. The van der Waals surface area contributed by atoms with E-state index in [1.807, 2.05) is 6.07 Å². The van der Waals surface area contributed by atoms with Gasteiger partial charge in [-0.1, -0.05) is 38.3 Å². The lowest BCUT2D eigenvalue weighted by Crippen LogP contribution is -2.32. The van der Waals surface area contributed by atoms with Gasteiger partial charge in [-0.25, -0.2) is 4.98 Å². The predicted octanol–water partition coefficient (Wildman–Crippen LogP) is 3.71. The first kappa shape index (κ1) is 16.7. The zero-order valence-corrected chi connectivity index (χ0v) is 14.2. The van der Waals surface area contributed by atoms with E-state index in [1.54, 1.807) is 11.3 Å². The van der Waals surface area contributed by atoms with E-state index in [-0.39, 0.29) is 0 Å². The fourth-order valence-electron chi connectivity index (χ4n) is 2.28. The van der Waals surface area contributed by atoms with Gasteiger partial charge in [0.2, 0.25) is 0 Å². The minimum absolute atomic E-state index is 0.570. The number of nitrogens with one attached hydrogen (secondary N) is 1. The van der Waals surface area contributed by atoms with E-state index in [0.717, 1.165) is 37.9 Å². The highest BCUT2D eigenvalue weighted by molar-refractivity contribution is 7.18. The summed E-state index contributed by atoms with van der Waals surface area (Å²) in [6.45, 7) is 3.89. The number of aryl methyl sites for hydroxylation is 1. The molecule has 1 aromatic carbocycles. The molecule has 120 valence electrons. The number of rotatable bonds is 9. The second-order valence-electron chi connectivity index (χ2n) is 5.43. The van der Waals surface area contributed by atoms with Gasteiger partial charge in [-0.05, 0) is 25.0 Å². The molecule has 4 nitrogen and oxygen atoms in total. The summed E-state index contributed by atoms with van der Waals surface area (Å²) in [5.74, 6) is 0.570. The molecule has 0 aliphatic carbocycles. The lowest BCUT2D eigenvalue weighted by molar-refractivity contribution is 0.652. The first-order chi connectivity index (χ1) is 10.8. The summed E-state index contributed by atoms with van der Waals surface area (Å²) in [6, 6.07) is 8.27. The molecule has 0 atom stereocenters. The van der Waals surface area contributed by atoms with E-state index in [0.29, 0.717) is 5.96 Å². The Kier molecular flexibility index (Phi) is 7.16. The third kappa shape index (κ3) is 5.64. The van der Waals surface area contributed by atoms with Crippen molar-refractivity contribution >= 4 is 27.5 Å². The van der Waals surface area contributed by atoms with Crippen LogP contribution in [0.3, 0.4) is 0 Å². The number of hydrogen-bond donors (Lipinski definition) is 2. The molecular weight excluding hydrogens is 292 g/mol. The van der Waals surface area contributed by atoms with Gasteiger partial charge < -0.3 is 11.1 Å². The van der Waals surface area contributed by atoms with Crippen molar-refractivity contribution in [3.63, 3.8) is 0 Å². The molecule has 0 fully saturated rings. The van der Waals surface area contributed by atoms with Crippen LogP contribution >= 0.6 is 11.3 Å². The molecule has 0 spiro atoms. The Bertz CT molecular complexity index is 558. The van der Waals surface area contributed by atoms with Gasteiger partial charge in [0.1, 0.15) is 0 Å². The Morgan fingerprint density at radius 1 is 1.23 bits per heavy atom. The minimum Gasteiger partial charge on any atom is -0.370 e. The molecule has 2 rings (SSSR count). The van der Waals surface area contributed by atoms with Gasteiger partial charge in [0.25, 0.3) is 0 Å². The fraction of sp³-hybridized carbons (Fsp3) is 0.529. The van der Waals surface area contributed by atoms with Crippen molar-refractivity contribution in [1.82, 2.24) is 10.3 Å². The van der Waals surface area contributed by atoms with Crippen molar-refractivity contribution < 1.29 is 0 Å². The van der Waals surface area contributed by atoms with Crippen molar-refractivity contribution in [2.45, 2.75) is 45.4 Å².